The van der Waals surface area contributed by atoms with Gasteiger partial charge >= 0.3 is 6.03 Å². The second kappa shape index (κ2) is 7.46. The SMILES string of the molecule is O=C(CCC1CCNC1)Nc1ccc(NC(=O)NC2CC2)cc1. The van der Waals surface area contributed by atoms with E-state index in [1.165, 1.54) is 0 Å². The number of carbonyl (C=O) groups excluding carboxylic acids is 2. The summed E-state index contributed by atoms with van der Waals surface area (Å²) in [5.74, 6) is 0.668. The first-order valence-corrected chi connectivity index (χ1v) is 8.37. The Morgan fingerprint density at radius 1 is 1.04 bits per heavy atom. The number of urea groups is 1. The van der Waals surface area contributed by atoms with Crippen molar-refractivity contribution in [3.63, 3.8) is 0 Å². The molecule has 0 spiro atoms. The van der Waals surface area contributed by atoms with E-state index in [0.29, 0.717) is 18.4 Å². The van der Waals surface area contributed by atoms with E-state index in [9.17, 15) is 9.59 Å². The van der Waals surface area contributed by atoms with Gasteiger partial charge in [-0.2, -0.15) is 0 Å². The van der Waals surface area contributed by atoms with Gasteiger partial charge in [0.1, 0.15) is 0 Å². The lowest BCUT2D eigenvalue weighted by Gasteiger charge is -2.10. The molecule has 6 heteroatoms. The Balaban J connectivity index is 1.40. The lowest BCUT2D eigenvalue weighted by atomic mass is 10.0. The van der Waals surface area contributed by atoms with Crippen molar-refractivity contribution in [1.29, 1.82) is 0 Å². The normalized spacial score (nSPS) is 20.1. The molecule has 2 aliphatic rings. The number of rotatable bonds is 6. The zero-order chi connectivity index (χ0) is 16.1. The molecule has 6 nitrogen and oxygen atoms in total. The number of benzene rings is 1. The smallest absolute Gasteiger partial charge is 0.319 e. The van der Waals surface area contributed by atoms with E-state index in [-0.39, 0.29) is 11.9 Å². The highest BCUT2D eigenvalue weighted by atomic mass is 16.2. The van der Waals surface area contributed by atoms with E-state index in [1.54, 1.807) is 12.1 Å². The Bertz CT molecular complexity index is 548. The predicted octanol–water partition coefficient (Wildman–Crippen LogP) is 2.30. The minimum Gasteiger partial charge on any atom is -0.335 e. The summed E-state index contributed by atoms with van der Waals surface area (Å²) in [7, 11) is 0. The molecule has 0 aromatic heterocycles. The van der Waals surface area contributed by atoms with Crippen LogP contribution in [0.3, 0.4) is 0 Å². The Hall–Kier alpha value is -2.08. The largest absolute Gasteiger partial charge is 0.335 e. The molecule has 0 bridgehead atoms. The number of hydrogen-bond acceptors (Lipinski definition) is 3. The Morgan fingerprint density at radius 3 is 2.35 bits per heavy atom. The second-order valence-electron chi connectivity index (χ2n) is 6.40. The van der Waals surface area contributed by atoms with E-state index in [2.05, 4.69) is 21.3 Å². The summed E-state index contributed by atoms with van der Waals surface area (Å²) in [6.07, 6.45) is 4.77. The van der Waals surface area contributed by atoms with Crippen molar-refractivity contribution in [3.05, 3.63) is 24.3 Å². The van der Waals surface area contributed by atoms with E-state index >= 15 is 0 Å². The maximum atomic E-state index is 11.9. The molecule has 0 radical (unpaired) electrons. The molecular formula is C17H24N4O2. The van der Waals surface area contributed by atoms with Gasteiger partial charge in [0.15, 0.2) is 0 Å². The lowest BCUT2D eigenvalue weighted by molar-refractivity contribution is -0.116. The van der Waals surface area contributed by atoms with Crippen molar-refractivity contribution in [2.45, 2.75) is 38.1 Å². The summed E-state index contributed by atoms with van der Waals surface area (Å²) in [4.78, 5) is 23.6. The molecule has 3 rings (SSSR count). The van der Waals surface area contributed by atoms with Crippen LogP contribution < -0.4 is 21.3 Å². The molecule has 1 aliphatic carbocycles. The average molecular weight is 316 g/mol. The molecule has 1 aromatic rings. The fraction of sp³-hybridized carbons (Fsp3) is 0.529. The lowest BCUT2D eigenvalue weighted by Crippen LogP contribution is -2.30. The molecule has 1 aromatic carbocycles. The number of nitrogens with one attached hydrogen (secondary N) is 4. The minimum atomic E-state index is -0.172. The highest BCUT2D eigenvalue weighted by Crippen LogP contribution is 2.19. The first-order valence-electron chi connectivity index (χ1n) is 8.37. The molecule has 1 aliphatic heterocycles. The van der Waals surface area contributed by atoms with Gasteiger partial charge in [-0.15, -0.1) is 0 Å². The maximum Gasteiger partial charge on any atom is 0.319 e. The number of hydrogen-bond donors (Lipinski definition) is 4. The zero-order valence-corrected chi connectivity index (χ0v) is 13.2. The molecule has 1 unspecified atom stereocenters. The standard InChI is InChI=1S/C17H24N4O2/c22-16(8-1-12-9-10-18-11-12)19-13-2-4-14(5-3-13)20-17(23)21-15-6-7-15/h2-5,12,15,18H,1,6-11H2,(H,19,22)(H2,20,21,23). The van der Waals surface area contributed by atoms with E-state index < -0.39 is 0 Å². The molecule has 4 N–H and O–H groups in total. The van der Waals surface area contributed by atoms with Gasteiger partial charge in [-0.25, -0.2) is 4.79 Å². The molecule has 124 valence electrons. The predicted molar refractivity (Wildman–Crippen MR) is 90.5 cm³/mol. The van der Waals surface area contributed by atoms with Crippen LogP contribution in [0.1, 0.15) is 32.1 Å². The molecule has 1 heterocycles. The molecule has 3 amide bonds. The van der Waals surface area contributed by atoms with Gasteiger partial charge in [-0.05, 0) is 69.0 Å². The van der Waals surface area contributed by atoms with E-state index in [1.807, 2.05) is 12.1 Å². The highest BCUT2D eigenvalue weighted by molar-refractivity contribution is 5.92. The van der Waals surface area contributed by atoms with Crippen molar-refractivity contribution >= 4 is 23.3 Å². The third kappa shape index (κ3) is 5.25. The van der Waals surface area contributed by atoms with E-state index in [4.69, 9.17) is 0 Å². The second-order valence-corrected chi connectivity index (χ2v) is 6.40. The van der Waals surface area contributed by atoms with Crippen LogP contribution in [0.15, 0.2) is 24.3 Å². The molecule has 1 atom stereocenters. The summed E-state index contributed by atoms with van der Waals surface area (Å²) in [5.41, 5.74) is 1.48. The van der Waals surface area contributed by atoms with Crippen LogP contribution in [0.25, 0.3) is 0 Å². The monoisotopic (exact) mass is 316 g/mol. The zero-order valence-electron chi connectivity index (χ0n) is 13.2. The number of anilines is 2. The van der Waals surface area contributed by atoms with Crippen LogP contribution in [-0.2, 0) is 4.79 Å². The minimum absolute atomic E-state index is 0.0454. The van der Waals surface area contributed by atoms with Crippen LogP contribution in [0.4, 0.5) is 16.2 Å². The summed E-state index contributed by atoms with van der Waals surface area (Å²) >= 11 is 0. The van der Waals surface area contributed by atoms with Crippen LogP contribution in [0.5, 0.6) is 0 Å². The summed E-state index contributed by atoms with van der Waals surface area (Å²) in [6, 6.07) is 7.37. The third-order valence-corrected chi connectivity index (χ3v) is 4.28. The number of carbonyl (C=O) groups is 2. The topological polar surface area (TPSA) is 82.3 Å². The fourth-order valence-electron chi connectivity index (χ4n) is 2.74. The van der Waals surface area contributed by atoms with E-state index in [0.717, 1.165) is 50.1 Å². The summed E-state index contributed by atoms with van der Waals surface area (Å²) in [6.45, 7) is 2.09. The number of amides is 3. The van der Waals surface area contributed by atoms with Crippen LogP contribution >= 0.6 is 0 Å². The molecule has 1 saturated carbocycles. The van der Waals surface area contributed by atoms with Gasteiger partial charge in [-0.3, -0.25) is 4.79 Å². The van der Waals surface area contributed by atoms with Gasteiger partial charge in [0, 0.05) is 23.8 Å². The first kappa shape index (κ1) is 15.8. The maximum absolute atomic E-state index is 11.9. The average Bonchev–Trinajstić information content (AvgIpc) is 3.18. The highest BCUT2D eigenvalue weighted by Gasteiger charge is 2.23. The van der Waals surface area contributed by atoms with Crippen molar-refractivity contribution in [2.75, 3.05) is 23.7 Å². The summed E-state index contributed by atoms with van der Waals surface area (Å²) < 4.78 is 0. The van der Waals surface area contributed by atoms with Crippen molar-refractivity contribution in [2.24, 2.45) is 5.92 Å². The third-order valence-electron chi connectivity index (χ3n) is 4.28. The van der Waals surface area contributed by atoms with Crippen molar-refractivity contribution in [1.82, 2.24) is 10.6 Å². The Kier molecular flexibility index (Phi) is 5.12. The van der Waals surface area contributed by atoms with Gasteiger partial charge < -0.3 is 21.3 Å². The molecule has 2 fully saturated rings. The van der Waals surface area contributed by atoms with Gasteiger partial charge in [0.25, 0.3) is 0 Å². The molecular weight excluding hydrogens is 292 g/mol. The molecule has 23 heavy (non-hydrogen) atoms. The molecule has 1 saturated heterocycles. The van der Waals surface area contributed by atoms with Crippen LogP contribution in [-0.4, -0.2) is 31.1 Å². The van der Waals surface area contributed by atoms with Gasteiger partial charge in [-0.1, -0.05) is 0 Å². The first-order chi connectivity index (χ1) is 11.2. The van der Waals surface area contributed by atoms with Crippen molar-refractivity contribution in [3.8, 4) is 0 Å². The fourth-order valence-corrected chi connectivity index (χ4v) is 2.74. The van der Waals surface area contributed by atoms with Crippen LogP contribution in [0, 0.1) is 5.92 Å². The van der Waals surface area contributed by atoms with Crippen LogP contribution in [0.2, 0.25) is 0 Å². The Labute approximate surface area is 136 Å². The van der Waals surface area contributed by atoms with Crippen molar-refractivity contribution < 1.29 is 9.59 Å². The Morgan fingerprint density at radius 2 is 1.74 bits per heavy atom. The summed E-state index contributed by atoms with van der Waals surface area (Å²) in [5, 5.41) is 11.9. The van der Waals surface area contributed by atoms with Gasteiger partial charge in [0.05, 0.1) is 0 Å². The van der Waals surface area contributed by atoms with Gasteiger partial charge in [0.2, 0.25) is 5.91 Å². The quantitative estimate of drug-likeness (QED) is 0.650.